The molecule has 0 unspecified atom stereocenters. The highest BCUT2D eigenvalue weighted by molar-refractivity contribution is 7.94. The van der Waals surface area contributed by atoms with Crippen LogP contribution < -0.4 is 0 Å². The summed E-state index contributed by atoms with van der Waals surface area (Å²) in [6.07, 6.45) is 0. The second-order valence-corrected chi connectivity index (χ2v) is 6.31. The Kier molecular flexibility index (Phi) is 5.78. The van der Waals surface area contributed by atoms with Gasteiger partial charge < -0.3 is 4.55 Å². The van der Waals surface area contributed by atoms with Gasteiger partial charge in [0.1, 0.15) is 14.3 Å². The standard InChI is InChI=1S/C6H4N2O5S.C6H2N2O4S/c9-7(10)4-2-1-3-5(14-13)6(4)8(11)12;9-7(10)5-3-1-2-4(13-3)6(5)8(11)12/h1-3,13H;1-2H. The Labute approximate surface area is 156 Å². The average molecular weight is 414 g/mol. The maximum atomic E-state index is 10.5. The molecule has 27 heavy (non-hydrogen) atoms. The van der Waals surface area contributed by atoms with E-state index in [2.05, 4.69) is 0 Å². The van der Waals surface area contributed by atoms with Crippen LogP contribution in [0.1, 0.15) is 0 Å². The summed E-state index contributed by atoms with van der Waals surface area (Å²) in [4.78, 5) is 38.5. The van der Waals surface area contributed by atoms with Gasteiger partial charge in [0.05, 0.1) is 19.7 Å². The lowest BCUT2D eigenvalue weighted by Gasteiger charge is -1.97. The molecule has 0 radical (unpaired) electrons. The van der Waals surface area contributed by atoms with Gasteiger partial charge >= 0.3 is 22.7 Å². The van der Waals surface area contributed by atoms with Gasteiger partial charge in [-0.1, -0.05) is 6.07 Å². The van der Waals surface area contributed by atoms with E-state index in [-0.39, 0.29) is 28.3 Å². The number of hydrogen-bond acceptors (Lipinski definition) is 11. The van der Waals surface area contributed by atoms with E-state index in [1.54, 1.807) is 0 Å². The molecular weight excluding hydrogens is 408 g/mol. The lowest BCUT2D eigenvalue weighted by molar-refractivity contribution is -0.424. The van der Waals surface area contributed by atoms with E-state index in [1.807, 2.05) is 0 Å². The topological polar surface area (TPSA) is 193 Å². The first-order valence-corrected chi connectivity index (χ1v) is 8.14. The summed E-state index contributed by atoms with van der Waals surface area (Å²) < 4.78 is 9.37. The van der Waals surface area contributed by atoms with E-state index in [0.717, 1.165) is 17.4 Å². The fourth-order valence-electron chi connectivity index (χ4n) is 2.09. The van der Waals surface area contributed by atoms with Crippen LogP contribution >= 0.6 is 23.4 Å². The number of fused-ring (bicyclic) bond motifs is 2. The van der Waals surface area contributed by atoms with Gasteiger partial charge in [-0.25, -0.2) is 0 Å². The number of nitro groups is 4. The molecule has 2 heterocycles. The molecule has 140 valence electrons. The molecule has 0 atom stereocenters. The van der Waals surface area contributed by atoms with Gasteiger partial charge in [0.15, 0.2) is 0 Å². The summed E-state index contributed by atoms with van der Waals surface area (Å²) in [7, 11) is 0. The first kappa shape index (κ1) is 19.9. The predicted molar refractivity (Wildman–Crippen MR) is 94.6 cm³/mol. The highest BCUT2D eigenvalue weighted by Gasteiger charge is 2.33. The van der Waals surface area contributed by atoms with E-state index in [1.165, 1.54) is 24.3 Å². The Morgan fingerprint density at radius 2 is 1.22 bits per heavy atom. The Morgan fingerprint density at radius 1 is 0.741 bits per heavy atom. The first-order chi connectivity index (χ1) is 12.7. The molecule has 1 N–H and O–H groups in total. The minimum absolute atomic E-state index is 0.109. The van der Waals surface area contributed by atoms with Crippen molar-refractivity contribution in [3.05, 3.63) is 70.8 Å². The molecule has 0 spiro atoms. The van der Waals surface area contributed by atoms with E-state index in [0.29, 0.717) is 9.40 Å². The first-order valence-electron chi connectivity index (χ1n) is 6.55. The van der Waals surface area contributed by atoms with Crippen LogP contribution in [0.25, 0.3) is 9.40 Å². The van der Waals surface area contributed by atoms with Crippen LogP contribution in [-0.4, -0.2) is 24.2 Å². The molecule has 0 amide bonds. The number of benzene rings is 2. The molecule has 0 aliphatic heterocycles. The fraction of sp³-hybridized carbons (Fsp3) is 0. The Bertz CT molecular complexity index is 1010. The fourth-order valence-corrected chi connectivity index (χ4v) is 3.54. The van der Waals surface area contributed by atoms with Crippen molar-refractivity contribution in [1.82, 2.24) is 0 Å². The summed E-state index contributed by atoms with van der Waals surface area (Å²) in [5.41, 5.74) is -2.08. The molecule has 15 heteroatoms. The van der Waals surface area contributed by atoms with Crippen LogP contribution in [-0.2, 0) is 0 Å². The van der Waals surface area contributed by atoms with Crippen molar-refractivity contribution in [2.24, 2.45) is 0 Å². The number of nitro benzene ring substituents is 4. The van der Waals surface area contributed by atoms with Crippen LogP contribution in [0.5, 0.6) is 0 Å². The molecule has 2 aromatic heterocycles. The molecule has 0 aliphatic carbocycles. The van der Waals surface area contributed by atoms with Crippen LogP contribution in [0.4, 0.5) is 22.7 Å². The second-order valence-electron chi connectivity index (χ2n) is 4.60. The maximum Gasteiger partial charge on any atom is 0.364 e. The molecule has 3 aromatic rings. The lowest BCUT2D eigenvalue weighted by Crippen LogP contribution is -1.97. The number of rotatable bonds is 5. The van der Waals surface area contributed by atoms with Crippen LogP contribution in [0, 0.1) is 40.5 Å². The van der Waals surface area contributed by atoms with Gasteiger partial charge in [-0.2, -0.15) is 0 Å². The predicted octanol–water partition coefficient (Wildman–Crippen LogP) is 4.22. The van der Waals surface area contributed by atoms with E-state index < -0.39 is 31.1 Å². The SMILES string of the molecule is O=[N+]([O-])c1c([N+](=O)[O-])c2ccc1s2.O=[N+]([O-])c1cccc(SO)c1[N+](=O)[O-]. The summed E-state index contributed by atoms with van der Waals surface area (Å²) in [5.74, 6) is 0. The average Bonchev–Trinajstić information content (AvgIpc) is 3.22. The minimum Gasteiger partial charge on any atom is -0.325 e. The van der Waals surface area contributed by atoms with Gasteiger partial charge in [-0.05, 0) is 18.2 Å². The number of para-hydroxylation sites is 1. The molecule has 13 nitrogen and oxygen atoms in total. The zero-order valence-corrected chi connectivity index (χ0v) is 14.3. The summed E-state index contributed by atoms with van der Waals surface area (Å²) in [5, 5.41) is 41.8. The zero-order chi connectivity index (χ0) is 20.3. The van der Waals surface area contributed by atoms with Crippen molar-refractivity contribution in [3.63, 3.8) is 0 Å². The largest absolute Gasteiger partial charge is 0.364 e. The zero-order valence-electron chi connectivity index (χ0n) is 12.7. The Hall–Kier alpha value is -3.43. The van der Waals surface area contributed by atoms with Crippen molar-refractivity contribution in [3.8, 4) is 0 Å². The molecule has 0 saturated heterocycles. The third-order valence-corrected chi connectivity index (χ3v) is 4.74. The van der Waals surface area contributed by atoms with Crippen molar-refractivity contribution in [2.45, 2.75) is 4.90 Å². The Morgan fingerprint density at radius 3 is 1.59 bits per heavy atom. The highest BCUT2D eigenvalue weighted by atomic mass is 32.2. The van der Waals surface area contributed by atoms with Crippen LogP contribution in [0.3, 0.4) is 0 Å². The monoisotopic (exact) mass is 414 g/mol. The Balaban J connectivity index is 0.000000194. The van der Waals surface area contributed by atoms with E-state index in [4.69, 9.17) is 4.55 Å². The minimum atomic E-state index is -0.892. The van der Waals surface area contributed by atoms with Crippen LogP contribution in [0.2, 0.25) is 0 Å². The summed E-state index contributed by atoms with van der Waals surface area (Å²) in [6.45, 7) is 0. The third-order valence-electron chi connectivity index (χ3n) is 3.12. The highest BCUT2D eigenvalue weighted by Crippen LogP contribution is 2.45. The molecule has 3 rings (SSSR count). The normalized spacial score (nSPS) is 10.3. The second kappa shape index (κ2) is 7.85. The maximum absolute atomic E-state index is 10.5. The van der Waals surface area contributed by atoms with Crippen molar-refractivity contribution in [1.29, 1.82) is 0 Å². The molecule has 0 saturated carbocycles. The molecule has 1 aromatic carbocycles. The lowest BCUT2D eigenvalue weighted by atomic mass is 10.3. The molecule has 0 fully saturated rings. The number of nitrogens with zero attached hydrogens (tertiary/aromatic N) is 4. The van der Waals surface area contributed by atoms with Gasteiger partial charge in [0.25, 0.3) is 0 Å². The molecular formula is C12H6N4O9S2. The van der Waals surface area contributed by atoms with Gasteiger partial charge in [0.2, 0.25) is 0 Å². The summed E-state index contributed by atoms with van der Waals surface area (Å²) in [6, 6.07) is 6.55. The third kappa shape index (κ3) is 3.89. The molecule has 2 bridgehead atoms. The number of thiophene rings is 2. The van der Waals surface area contributed by atoms with Gasteiger partial charge in [0, 0.05) is 18.1 Å². The van der Waals surface area contributed by atoms with Crippen molar-refractivity contribution in [2.75, 3.05) is 0 Å². The molecule has 0 aliphatic rings. The van der Waals surface area contributed by atoms with Gasteiger partial charge in [-0.3, -0.25) is 40.5 Å². The number of hydrogen-bond donors (Lipinski definition) is 1. The van der Waals surface area contributed by atoms with Crippen molar-refractivity contribution >= 4 is 55.5 Å². The van der Waals surface area contributed by atoms with Gasteiger partial charge in [-0.15, -0.1) is 11.3 Å². The van der Waals surface area contributed by atoms with Crippen molar-refractivity contribution < 1.29 is 24.2 Å². The quantitative estimate of drug-likeness (QED) is 0.358. The van der Waals surface area contributed by atoms with E-state index in [9.17, 15) is 40.5 Å². The summed E-state index contributed by atoms with van der Waals surface area (Å²) >= 11 is 1.18. The van der Waals surface area contributed by atoms with E-state index >= 15 is 0 Å². The van der Waals surface area contributed by atoms with Crippen LogP contribution in [0.15, 0.2) is 35.2 Å². The smallest absolute Gasteiger partial charge is 0.325 e.